The van der Waals surface area contributed by atoms with Crippen LogP contribution in [0.2, 0.25) is 0 Å². The first kappa shape index (κ1) is 13.2. The Morgan fingerprint density at radius 3 is 2.55 bits per heavy atom. The van der Waals surface area contributed by atoms with E-state index in [1.165, 1.54) is 30.1 Å². The molecule has 1 saturated heterocycles. The number of carbonyl (C=O) groups excluding carboxylic acids is 1. The maximum Gasteiger partial charge on any atom is 0.261 e. The number of amides is 1. The first-order chi connectivity index (χ1) is 9.41. The third-order valence-electron chi connectivity index (χ3n) is 6.24. The zero-order valence-electron chi connectivity index (χ0n) is 12.0. The van der Waals surface area contributed by atoms with Crippen molar-refractivity contribution in [3.8, 4) is 0 Å². The molecule has 0 spiro atoms. The van der Waals surface area contributed by atoms with Crippen LogP contribution in [0, 0.1) is 23.7 Å². The highest BCUT2D eigenvalue weighted by Gasteiger charge is 2.61. The number of nitrogens with zero attached hydrogens (tertiary/aromatic N) is 2. The van der Waals surface area contributed by atoms with E-state index in [2.05, 4.69) is 0 Å². The number of hydrazine groups is 1. The minimum atomic E-state index is -2.11. The van der Waals surface area contributed by atoms with Gasteiger partial charge in [0, 0.05) is 0 Å². The fourth-order valence-electron chi connectivity index (χ4n) is 5.23. The van der Waals surface area contributed by atoms with Crippen molar-refractivity contribution in [1.29, 1.82) is 0 Å². The van der Waals surface area contributed by atoms with Gasteiger partial charge in [0.05, 0.1) is 6.04 Å². The van der Waals surface area contributed by atoms with Gasteiger partial charge in [-0.1, -0.05) is 4.41 Å². The van der Waals surface area contributed by atoms with Crippen LogP contribution < -0.4 is 0 Å². The Bertz CT molecular complexity index is 495. The van der Waals surface area contributed by atoms with Gasteiger partial charge in [-0.25, -0.2) is 4.21 Å². The second-order valence-corrected chi connectivity index (χ2v) is 8.32. The topological polar surface area (TPSA) is 60.9 Å². The van der Waals surface area contributed by atoms with Gasteiger partial charge in [-0.05, 0) is 69.6 Å². The van der Waals surface area contributed by atoms with Gasteiger partial charge in [-0.15, -0.1) is 0 Å². The summed E-state index contributed by atoms with van der Waals surface area (Å²) in [5.74, 6) is 3.13. The molecule has 6 atom stereocenters. The van der Waals surface area contributed by atoms with Crippen LogP contribution in [0.5, 0.6) is 0 Å². The lowest BCUT2D eigenvalue weighted by Gasteiger charge is -2.56. The lowest BCUT2D eigenvalue weighted by Crippen LogP contribution is -2.77. The maximum atomic E-state index is 12.4. The van der Waals surface area contributed by atoms with Crippen molar-refractivity contribution in [3.05, 3.63) is 0 Å². The Kier molecular flexibility index (Phi) is 2.68. The Hall–Kier alpha value is -0.460. The summed E-state index contributed by atoms with van der Waals surface area (Å²) in [6, 6.07) is 0.143. The molecule has 2 bridgehead atoms. The van der Waals surface area contributed by atoms with Crippen molar-refractivity contribution in [2.75, 3.05) is 0 Å². The van der Waals surface area contributed by atoms with E-state index in [9.17, 15) is 13.6 Å². The maximum absolute atomic E-state index is 12.4. The summed E-state index contributed by atoms with van der Waals surface area (Å²) in [5, 5.41) is 1.62. The van der Waals surface area contributed by atoms with E-state index < -0.39 is 16.8 Å². The lowest BCUT2D eigenvalue weighted by atomic mass is 9.64. The van der Waals surface area contributed by atoms with Gasteiger partial charge in [0.2, 0.25) is 0 Å². The van der Waals surface area contributed by atoms with Gasteiger partial charge >= 0.3 is 0 Å². The van der Waals surface area contributed by atoms with Crippen LogP contribution in [0.25, 0.3) is 0 Å². The molecule has 6 unspecified atom stereocenters. The summed E-state index contributed by atoms with van der Waals surface area (Å²) < 4.78 is 22.5. The van der Waals surface area contributed by atoms with Gasteiger partial charge < -0.3 is 0 Å². The predicted octanol–water partition coefficient (Wildman–Crippen LogP) is 1.79. The van der Waals surface area contributed by atoms with Crippen molar-refractivity contribution >= 4 is 17.2 Å². The Labute approximate surface area is 122 Å². The molecule has 112 valence electrons. The number of rotatable bonds is 2. The van der Waals surface area contributed by atoms with Crippen molar-refractivity contribution in [2.45, 2.75) is 57.5 Å². The van der Waals surface area contributed by atoms with E-state index in [1.807, 2.05) is 0 Å². The normalized spacial score (nSPS) is 47.5. The summed E-state index contributed by atoms with van der Waals surface area (Å²) >= 11 is -2.11. The van der Waals surface area contributed by atoms with Crippen molar-refractivity contribution in [1.82, 2.24) is 9.42 Å². The molecule has 3 saturated carbocycles. The van der Waals surface area contributed by atoms with E-state index in [1.54, 1.807) is 18.9 Å². The van der Waals surface area contributed by atoms with E-state index in [-0.39, 0.29) is 11.9 Å². The van der Waals surface area contributed by atoms with E-state index in [0.717, 1.165) is 24.2 Å². The SMILES string of the molecule is CC1(C)C(=O)N(C2CCC3CC4CC2CC34)N1S(=O)O. The molecule has 4 aliphatic rings. The summed E-state index contributed by atoms with van der Waals surface area (Å²) in [6.07, 6.45) is 5.98. The van der Waals surface area contributed by atoms with Crippen LogP contribution in [0.3, 0.4) is 0 Å². The number of fused-ring (bicyclic) bond motifs is 1. The van der Waals surface area contributed by atoms with Crippen molar-refractivity contribution in [3.63, 3.8) is 0 Å². The fourth-order valence-corrected chi connectivity index (χ4v) is 6.05. The third kappa shape index (κ3) is 1.50. The van der Waals surface area contributed by atoms with Crippen LogP contribution in [-0.2, 0) is 16.1 Å². The molecule has 0 aromatic rings. The first-order valence-electron chi connectivity index (χ1n) is 7.66. The summed E-state index contributed by atoms with van der Waals surface area (Å²) in [6.45, 7) is 3.46. The number of hydrogen-bond donors (Lipinski definition) is 1. The van der Waals surface area contributed by atoms with Crippen LogP contribution in [-0.4, -0.2) is 35.7 Å². The monoisotopic (exact) mass is 298 g/mol. The molecule has 1 N–H and O–H groups in total. The average Bonchev–Trinajstić information content (AvgIpc) is 2.58. The van der Waals surface area contributed by atoms with Crippen LogP contribution in [0.4, 0.5) is 0 Å². The van der Waals surface area contributed by atoms with Gasteiger partial charge in [0.1, 0.15) is 5.54 Å². The van der Waals surface area contributed by atoms with Crippen molar-refractivity contribution in [2.24, 2.45) is 23.7 Å². The number of carbonyl (C=O) groups is 1. The Morgan fingerprint density at radius 1 is 1.15 bits per heavy atom. The van der Waals surface area contributed by atoms with Gasteiger partial charge in [0.25, 0.3) is 17.2 Å². The second-order valence-electron chi connectivity index (χ2n) is 7.51. The molecule has 5 nitrogen and oxygen atoms in total. The quantitative estimate of drug-likeness (QED) is 0.791. The van der Waals surface area contributed by atoms with E-state index in [0.29, 0.717) is 5.92 Å². The minimum Gasteiger partial charge on any atom is -0.292 e. The van der Waals surface area contributed by atoms with Crippen LogP contribution in [0.15, 0.2) is 0 Å². The molecule has 0 aromatic carbocycles. The molecule has 4 fully saturated rings. The Balaban J connectivity index is 1.61. The first-order valence-corrected chi connectivity index (χ1v) is 8.72. The highest BCUT2D eigenvalue weighted by atomic mass is 32.2. The van der Waals surface area contributed by atoms with Gasteiger partial charge in [-0.2, -0.15) is 0 Å². The highest BCUT2D eigenvalue weighted by molar-refractivity contribution is 7.76. The summed E-state index contributed by atoms with van der Waals surface area (Å²) in [4.78, 5) is 12.4. The molecule has 3 aliphatic carbocycles. The summed E-state index contributed by atoms with van der Waals surface area (Å²) in [5.41, 5.74) is -0.840. The van der Waals surface area contributed by atoms with Gasteiger partial charge in [0.15, 0.2) is 0 Å². The standard InChI is InChI=1S/C14H22N2O3S/c1-14(2)13(17)15(16(14)20(18)19)12-4-3-8-5-9-6-10(12)7-11(8)9/h8-12H,3-7H2,1-2H3,(H,18,19). The smallest absolute Gasteiger partial charge is 0.261 e. The second kappa shape index (κ2) is 4.05. The molecular formula is C14H22N2O3S. The molecule has 0 radical (unpaired) electrons. The Morgan fingerprint density at radius 2 is 1.85 bits per heavy atom. The zero-order chi connectivity index (χ0) is 14.2. The predicted molar refractivity (Wildman–Crippen MR) is 74.4 cm³/mol. The van der Waals surface area contributed by atoms with Crippen molar-refractivity contribution < 1.29 is 13.6 Å². The molecule has 4 rings (SSSR count). The minimum absolute atomic E-state index is 0.00363. The molecule has 1 heterocycles. The van der Waals surface area contributed by atoms with Gasteiger partial charge in [-0.3, -0.25) is 14.4 Å². The van der Waals surface area contributed by atoms with E-state index >= 15 is 0 Å². The third-order valence-corrected chi connectivity index (χ3v) is 7.17. The fraction of sp³-hybridized carbons (Fsp3) is 0.929. The van der Waals surface area contributed by atoms with E-state index in [4.69, 9.17) is 0 Å². The molecular weight excluding hydrogens is 276 g/mol. The summed E-state index contributed by atoms with van der Waals surface area (Å²) in [7, 11) is 0. The zero-order valence-corrected chi connectivity index (χ0v) is 12.8. The van der Waals surface area contributed by atoms with Crippen LogP contribution in [0.1, 0.15) is 46.0 Å². The lowest BCUT2D eigenvalue weighted by molar-refractivity contribution is -0.201. The highest BCUT2D eigenvalue weighted by Crippen LogP contribution is 2.59. The largest absolute Gasteiger partial charge is 0.292 e. The van der Waals surface area contributed by atoms with Crippen LogP contribution >= 0.6 is 0 Å². The average molecular weight is 298 g/mol. The number of hydrogen-bond acceptors (Lipinski definition) is 2. The molecule has 20 heavy (non-hydrogen) atoms. The molecule has 1 aliphatic heterocycles. The molecule has 6 heteroatoms. The molecule has 0 aromatic heterocycles. The molecule has 1 amide bonds.